The van der Waals surface area contributed by atoms with Gasteiger partial charge < -0.3 is 4.74 Å². The number of hydrogen-bond donors (Lipinski definition) is 0. The van der Waals surface area contributed by atoms with E-state index >= 15 is 0 Å². The molecule has 0 radical (unpaired) electrons. The molecule has 0 atom stereocenters. The molecule has 7 heteroatoms. The SMILES string of the molecule is Cn1cc(COc2cn3c(-c4ccc(F)cc4)ncc3c3ccccc23)nn1. The highest BCUT2D eigenvalue weighted by Gasteiger charge is 2.13. The van der Waals surface area contributed by atoms with Crippen molar-refractivity contribution in [2.24, 2.45) is 7.05 Å². The van der Waals surface area contributed by atoms with E-state index in [-0.39, 0.29) is 5.82 Å². The number of aromatic nitrogens is 5. The van der Waals surface area contributed by atoms with Crippen LogP contribution in [-0.4, -0.2) is 24.4 Å². The lowest BCUT2D eigenvalue weighted by atomic mass is 10.1. The first kappa shape index (κ1) is 16.4. The molecule has 0 bridgehead atoms. The standard InChI is InChI=1S/C21H16FN5O/c1-26-11-16(24-25-26)13-28-20-12-27-19(17-4-2-3-5-18(17)20)10-23-21(27)14-6-8-15(22)9-7-14/h2-12H,13H2,1H3. The highest BCUT2D eigenvalue weighted by Crippen LogP contribution is 2.32. The third-order valence-electron chi connectivity index (χ3n) is 4.64. The molecule has 28 heavy (non-hydrogen) atoms. The number of hydrogen-bond acceptors (Lipinski definition) is 4. The van der Waals surface area contributed by atoms with E-state index in [1.807, 2.05) is 54.3 Å². The average Bonchev–Trinajstić information content (AvgIpc) is 3.33. The molecule has 0 fully saturated rings. The molecule has 0 aliphatic rings. The third kappa shape index (κ3) is 2.77. The molecule has 0 saturated carbocycles. The predicted octanol–water partition coefficient (Wildman–Crippen LogP) is 4.00. The molecule has 0 saturated heterocycles. The molecule has 5 rings (SSSR count). The maximum atomic E-state index is 13.3. The lowest BCUT2D eigenvalue weighted by molar-refractivity contribution is 0.303. The van der Waals surface area contributed by atoms with Crippen LogP contribution in [-0.2, 0) is 13.7 Å². The Morgan fingerprint density at radius 2 is 1.79 bits per heavy atom. The minimum Gasteiger partial charge on any atom is -0.485 e. The summed E-state index contributed by atoms with van der Waals surface area (Å²) in [6, 6.07) is 14.3. The molecule has 5 aromatic rings. The average molecular weight is 373 g/mol. The zero-order valence-corrected chi connectivity index (χ0v) is 15.1. The van der Waals surface area contributed by atoms with E-state index in [0.717, 1.165) is 39.1 Å². The number of rotatable bonds is 4. The van der Waals surface area contributed by atoms with Crippen LogP contribution in [0.5, 0.6) is 5.75 Å². The molecule has 3 aromatic heterocycles. The van der Waals surface area contributed by atoms with Gasteiger partial charge in [0.1, 0.15) is 29.7 Å². The summed E-state index contributed by atoms with van der Waals surface area (Å²) in [6.45, 7) is 0.309. The molecule has 3 heterocycles. The summed E-state index contributed by atoms with van der Waals surface area (Å²) in [5.41, 5.74) is 2.54. The van der Waals surface area contributed by atoms with Gasteiger partial charge in [-0.05, 0) is 24.3 Å². The minimum atomic E-state index is -0.275. The van der Waals surface area contributed by atoms with Gasteiger partial charge in [-0.25, -0.2) is 9.37 Å². The fourth-order valence-electron chi connectivity index (χ4n) is 3.34. The maximum Gasteiger partial charge on any atom is 0.144 e. The van der Waals surface area contributed by atoms with Crippen LogP contribution in [0.4, 0.5) is 4.39 Å². The molecular formula is C21H16FN5O. The van der Waals surface area contributed by atoms with Gasteiger partial charge >= 0.3 is 0 Å². The number of benzene rings is 2. The molecule has 0 unspecified atom stereocenters. The predicted molar refractivity (Wildman–Crippen MR) is 103 cm³/mol. The van der Waals surface area contributed by atoms with E-state index in [0.29, 0.717) is 6.61 Å². The van der Waals surface area contributed by atoms with Crippen molar-refractivity contribution in [3.8, 4) is 17.1 Å². The van der Waals surface area contributed by atoms with Crippen molar-refractivity contribution in [1.29, 1.82) is 0 Å². The Morgan fingerprint density at radius 3 is 2.54 bits per heavy atom. The molecule has 138 valence electrons. The van der Waals surface area contributed by atoms with Gasteiger partial charge in [0.25, 0.3) is 0 Å². The number of pyridine rings is 1. The van der Waals surface area contributed by atoms with E-state index in [9.17, 15) is 4.39 Å². The molecule has 0 aliphatic carbocycles. The summed E-state index contributed by atoms with van der Waals surface area (Å²) < 4.78 is 23.0. The van der Waals surface area contributed by atoms with Crippen molar-refractivity contribution in [2.75, 3.05) is 0 Å². The van der Waals surface area contributed by atoms with Crippen molar-refractivity contribution in [3.05, 3.63) is 78.6 Å². The second-order valence-electron chi connectivity index (χ2n) is 6.56. The van der Waals surface area contributed by atoms with E-state index in [1.165, 1.54) is 12.1 Å². The van der Waals surface area contributed by atoms with Gasteiger partial charge in [-0.2, -0.15) is 0 Å². The fourth-order valence-corrected chi connectivity index (χ4v) is 3.34. The quantitative estimate of drug-likeness (QED) is 0.478. The summed E-state index contributed by atoms with van der Waals surface area (Å²) >= 11 is 0. The van der Waals surface area contributed by atoms with Crippen LogP contribution in [0.15, 0.2) is 67.1 Å². The second kappa shape index (κ2) is 6.45. The Hall–Kier alpha value is -3.74. The topological polar surface area (TPSA) is 57.2 Å². The zero-order valence-electron chi connectivity index (χ0n) is 15.1. The lowest BCUT2D eigenvalue weighted by Gasteiger charge is -2.11. The van der Waals surface area contributed by atoms with Crippen molar-refractivity contribution >= 4 is 16.3 Å². The first-order valence-electron chi connectivity index (χ1n) is 8.82. The van der Waals surface area contributed by atoms with E-state index in [4.69, 9.17) is 4.74 Å². The van der Waals surface area contributed by atoms with E-state index in [2.05, 4.69) is 15.3 Å². The summed E-state index contributed by atoms with van der Waals surface area (Å²) in [7, 11) is 1.82. The number of halogens is 1. The van der Waals surface area contributed by atoms with Crippen molar-refractivity contribution in [3.63, 3.8) is 0 Å². The highest BCUT2D eigenvalue weighted by atomic mass is 19.1. The number of aryl methyl sites for hydroxylation is 1. The number of ether oxygens (including phenoxy) is 1. The van der Waals surface area contributed by atoms with Gasteiger partial charge in [0.05, 0.1) is 24.1 Å². The van der Waals surface area contributed by atoms with Crippen molar-refractivity contribution < 1.29 is 9.13 Å². The van der Waals surface area contributed by atoms with Gasteiger partial charge in [-0.3, -0.25) is 9.08 Å². The zero-order chi connectivity index (χ0) is 19.1. The normalized spacial score (nSPS) is 11.4. The van der Waals surface area contributed by atoms with Crippen LogP contribution >= 0.6 is 0 Å². The number of fused-ring (bicyclic) bond motifs is 3. The largest absolute Gasteiger partial charge is 0.485 e. The Bertz CT molecular complexity index is 1290. The molecule has 0 N–H and O–H groups in total. The smallest absolute Gasteiger partial charge is 0.144 e. The van der Waals surface area contributed by atoms with Gasteiger partial charge in [0, 0.05) is 23.4 Å². The third-order valence-corrected chi connectivity index (χ3v) is 4.64. The highest BCUT2D eigenvalue weighted by molar-refractivity contribution is 6.00. The van der Waals surface area contributed by atoms with Crippen molar-refractivity contribution in [1.82, 2.24) is 24.4 Å². The van der Waals surface area contributed by atoms with E-state index in [1.54, 1.807) is 16.8 Å². The van der Waals surface area contributed by atoms with Crippen LogP contribution in [0, 0.1) is 5.82 Å². The number of imidazole rings is 1. The van der Waals surface area contributed by atoms with Gasteiger partial charge in [0.15, 0.2) is 0 Å². The summed E-state index contributed by atoms with van der Waals surface area (Å²) in [4.78, 5) is 4.57. The Labute approximate surface area is 159 Å². The van der Waals surface area contributed by atoms with E-state index < -0.39 is 0 Å². The van der Waals surface area contributed by atoms with Gasteiger partial charge in [-0.15, -0.1) is 5.10 Å². The summed E-state index contributed by atoms with van der Waals surface area (Å²) in [5, 5.41) is 10.0. The van der Waals surface area contributed by atoms with Crippen LogP contribution in [0.3, 0.4) is 0 Å². The lowest BCUT2D eigenvalue weighted by Crippen LogP contribution is -1.99. The van der Waals surface area contributed by atoms with Gasteiger partial charge in [0.2, 0.25) is 0 Å². The molecule has 0 spiro atoms. The minimum absolute atomic E-state index is 0.275. The Morgan fingerprint density at radius 1 is 1.00 bits per heavy atom. The second-order valence-corrected chi connectivity index (χ2v) is 6.56. The van der Waals surface area contributed by atoms with Crippen LogP contribution in [0.1, 0.15) is 5.69 Å². The first-order valence-corrected chi connectivity index (χ1v) is 8.82. The van der Waals surface area contributed by atoms with Crippen LogP contribution in [0.25, 0.3) is 27.7 Å². The van der Waals surface area contributed by atoms with Crippen molar-refractivity contribution in [2.45, 2.75) is 6.61 Å². The molecule has 6 nitrogen and oxygen atoms in total. The van der Waals surface area contributed by atoms with Gasteiger partial charge in [-0.1, -0.05) is 29.5 Å². The summed E-state index contributed by atoms with van der Waals surface area (Å²) in [5.74, 6) is 1.17. The molecule has 0 aliphatic heterocycles. The molecule has 2 aromatic carbocycles. The fraction of sp³-hybridized carbons (Fsp3) is 0.0952. The van der Waals surface area contributed by atoms with Crippen LogP contribution < -0.4 is 4.74 Å². The monoisotopic (exact) mass is 373 g/mol. The molecule has 0 amide bonds. The summed E-state index contributed by atoms with van der Waals surface area (Å²) in [6.07, 6.45) is 5.56. The number of nitrogens with zero attached hydrogens (tertiary/aromatic N) is 5. The Balaban J connectivity index is 1.65. The maximum absolute atomic E-state index is 13.3. The Kier molecular flexibility index (Phi) is 3.79. The first-order chi connectivity index (χ1) is 13.7. The molecular weight excluding hydrogens is 357 g/mol. The van der Waals surface area contributed by atoms with Crippen LogP contribution in [0.2, 0.25) is 0 Å².